The largest absolute Gasteiger partial charge is 0.481 e. The predicted octanol–water partition coefficient (Wildman–Crippen LogP) is 3.04. The van der Waals surface area contributed by atoms with E-state index in [0.717, 1.165) is 11.3 Å². The number of carbonyl (C=O) groups is 1. The zero-order chi connectivity index (χ0) is 21.4. The van der Waals surface area contributed by atoms with Crippen LogP contribution in [-0.2, 0) is 17.8 Å². The summed E-state index contributed by atoms with van der Waals surface area (Å²) in [5.41, 5.74) is 3.54. The predicted molar refractivity (Wildman–Crippen MR) is 117 cm³/mol. The molecule has 5 rings (SSSR count). The Kier molecular flexibility index (Phi) is 4.78. The van der Waals surface area contributed by atoms with Gasteiger partial charge in [-0.25, -0.2) is 9.50 Å². The van der Waals surface area contributed by atoms with E-state index in [9.17, 15) is 9.59 Å². The number of hydrogen-bond acceptors (Lipinski definition) is 4. The number of rotatable bonds is 4. The third-order valence-electron chi connectivity index (χ3n) is 5.57. The number of aromatic nitrogens is 3. The number of aromatic amines is 1. The van der Waals surface area contributed by atoms with Gasteiger partial charge in [0, 0.05) is 18.2 Å². The van der Waals surface area contributed by atoms with Crippen LogP contribution in [0.15, 0.2) is 71.5 Å². The number of benzene rings is 2. The zero-order valence-electron chi connectivity index (χ0n) is 17.1. The normalized spacial score (nSPS) is 14.3. The van der Waals surface area contributed by atoms with Gasteiger partial charge in [-0.2, -0.15) is 0 Å². The average molecular weight is 414 g/mol. The van der Waals surface area contributed by atoms with Gasteiger partial charge in [-0.05, 0) is 31.0 Å². The Labute approximate surface area is 178 Å². The Balaban J connectivity index is 1.41. The number of fused-ring (bicyclic) bond motifs is 2. The molecule has 0 radical (unpaired) electrons. The Morgan fingerprint density at radius 3 is 2.55 bits per heavy atom. The maximum Gasteiger partial charge on any atom is 0.276 e. The van der Waals surface area contributed by atoms with E-state index in [2.05, 4.69) is 5.10 Å². The van der Waals surface area contributed by atoms with E-state index in [1.54, 1.807) is 11.8 Å². The molecule has 2 aromatic heterocycles. The van der Waals surface area contributed by atoms with Gasteiger partial charge < -0.3 is 9.64 Å². The van der Waals surface area contributed by atoms with Crippen LogP contribution in [0, 0.1) is 0 Å². The highest BCUT2D eigenvalue weighted by Gasteiger charge is 2.29. The first-order valence-corrected chi connectivity index (χ1v) is 10.3. The number of nitrogens with zero attached hydrogens (tertiary/aromatic N) is 3. The maximum atomic E-state index is 13.0. The SMILES string of the molecule is CC(Oc1ccccc1)C(=O)N1CCc2c(nc3cc(-c4ccccc4)[nH]n3c2=O)C1. The van der Waals surface area contributed by atoms with Crippen molar-refractivity contribution >= 4 is 11.6 Å². The number of ether oxygens (including phenoxy) is 1. The molecule has 31 heavy (non-hydrogen) atoms. The van der Waals surface area contributed by atoms with Gasteiger partial charge >= 0.3 is 0 Å². The lowest BCUT2D eigenvalue weighted by Crippen LogP contribution is -2.45. The zero-order valence-corrected chi connectivity index (χ0v) is 17.1. The molecule has 1 amide bonds. The fourth-order valence-electron chi connectivity index (χ4n) is 3.96. The van der Waals surface area contributed by atoms with Crippen molar-refractivity contribution in [3.05, 3.63) is 88.3 Å². The van der Waals surface area contributed by atoms with Crippen LogP contribution in [0.4, 0.5) is 0 Å². The van der Waals surface area contributed by atoms with Crippen molar-refractivity contribution in [3.63, 3.8) is 0 Å². The van der Waals surface area contributed by atoms with Crippen LogP contribution in [0.5, 0.6) is 5.75 Å². The molecule has 0 fully saturated rings. The topological polar surface area (TPSA) is 79.7 Å². The van der Waals surface area contributed by atoms with Gasteiger partial charge in [-0.15, -0.1) is 0 Å². The van der Waals surface area contributed by atoms with E-state index in [0.29, 0.717) is 42.2 Å². The fraction of sp³-hybridized carbons (Fsp3) is 0.208. The van der Waals surface area contributed by atoms with Crippen molar-refractivity contribution in [1.82, 2.24) is 19.5 Å². The summed E-state index contributed by atoms with van der Waals surface area (Å²) in [5.74, 6) is 0.537. The van der Waals surface area contributed by atoms with Gasteiger partial charge in [0.05, 0.1) is 17.9 Å². The number of para-hydroxylation sites is 1. The molecule has 0 saturated heterocycles. The highest BCUT2D eigenvalue weighted by Crippen LogP contribution is 2.21. The lowest BCUT2D eigenvalue weighted by molar-refractivity contribution is -0.139. The summed E-state index contributed by atoms with van der Waals surface area (Å²) in [4.78, 5) is 32.4. The Bertz CT molecular complexity index is 1300. The summed E-state index contributed by atoms with van der Waals surface area (Å²) in [5, 5.41) is 3.15. The van der Waals surface area contributed by atoms with E-state index in [-0.39, 0.29) is 11.5 Å². The van der Waals surface area contributed by atoms with Gasteiger partial charge in [0.25, 0.3) is 11.5 Å². The van der Waals surface area contributed by atoms with Crippen molar-refractivity contribution < 1.29 is 9.53 Å². The Morgan fingerprint density at radius 1 is 1.10 bits per heavy atom. The van der Waals surface area contributed by atoms with Crippen molar-refractivity contribution in [2.24, 2.45) is 0 Å². The molecule has 1 atom stereocenters. The molecule has 0 aliphatic carbocycles. The second kappa shape index (κ2) is 7.75. The van der Waals surface area contributed by atoms with Crippen LogP contribution in [-0.4, -0.2) is 38.1 Å². The van der Waals surface area contributed by atoms with Gasteiger partial charge in [0.2, 0.25) is 0 Å². The molecule has 1 aliphatic heterocycles. The van der Waals surface area contributed by atoms with Gasteiger partial charge in [0.15, 0.2) is 11.8 Å². The molecule has 7 heteroatoms. The third kappa shape index (κ3) is 3.59. The van der Waals surface area contributed by atoms with Gasteiger partial charge in [-0.1, -0.05) is 48.5 Å². The number of amides is 1. The lowest BCUT2D eigenvalue weighted by atomic mass is 10.1. The summed E-state index contributed by atoms with van der Waals surface area (Å²) in [6.45, 7) is 2.51. The molecule has 1 unspecified atom stereocenters. The van der Waals surface area contributed by atoms with Crippen molar-refractivity contribution in [1.29, 1.82) is 0 Å². The second-order valence-electron chi connectivity index (χ2n) is 7.65. The summed E-state index contributed by atoms with van der Waals surface area (Å²) < 4.78 is 7.27. The fourth-order valence-corrected chi connectivity index (χ4v) is 3.96. The van der Waals surface area contributed by atoms with Crippen molar-refractivity contribution in [2.45, 2.75) is 26.0 Å². The number of H-pyrrole nitrogens is 1. The molecular formula is C24H22N4O3. The van der Waals surface area contributed by atoms with E-state index < -0.39 is 6.10 Å². The molecule has 156 valence electrons. The molecule has 0 saturated carbocycles. The monoisotopic (exact) mass is 414 g/mol. The van der Waals surface area contributed by atoms with Crippen LogP contribution in [0.2, 0.25) is 0 Å². The highest BCUT2D eigenvalue weighted by molar-refractivity contribution is 5.81. The minimum absolute atomic E-state index is 0.108. The quantitative estimate of drug-likeness (QED) is 0.557. The molecule has 3 heterocycles. The minimum atomic E-state index is -0.620. The summed E-state index contributed by atoms with van der Waals surface area (Å²) >= 11 is 0. The van der Waals surface area contributed by atoms with Gasteiger partial charge in [0.1, 0.15) is 5.75 Å². The average Bonchev–Trinajstić information content (AvgIpc) is 3.24. The van der Waals surface area contributed by atoms with Crippen LogP contribution < -0.4 is 10.3 Å². The number of hydrogen-bond donors (Lipinski definition) is 1. The van der Waals surface area contributed by atoms with E-state index in [1.807, 2.05) is 66.7 Å². The van der Waals surface area contributed by atoms with E-state index >= 15 is 0 Å². The van der Waals surface area contributed by atoms with Crippen LogP contribution in [0.1, 0.15) is 18.2 Å². The number of nitrogens with one attached hydrogen (secondary N) is 1. The molecule has 0 spiro atoms. The van der Waals surface area contributed by atoms with E-state index in [4.69, 9.17) is 9.72 Å². The molecule has 2 aromatic carbocycles. The first-order valence-electron chi connectivity index (χ1n) is 10.3. The van der Waals surface area contributed by atoms with Crippen molar-refractivity contribution in [3.8, 4) is 17.0 Å². The maximum absolute atomic E-state index is 13.0. The molecule has 4 aromatic rings. The second-order valence-corrected chi connectivity index (χ2v) is 7.65. The molecule has 1 N–H and O–H groups in total. The van der Waals surface area contributed by atoms with Crippen LogP contribution in [0.3, 0.4) is 0 Å². The van der Waals surface area contributed by atoms with Crippen molar-refractivity contribution in [2.75, 3.05) is 6.54 Å². The highest BCUT2D eigenvalue weighted by atomic mass is 16.5. The van der Waals surface area contributed by atoms with Crippen LogP contribution in [0.25, 0.3) is 16.9 Å². The summed E-state index contributed by atoms with van der Waals surface area (Å²) in [6, 6.07) is 20.9. The van der Waals surface area contributed by atoms with Gasteiger partial charge in [-0.3, -0.25) is 14.7 Å². The minimum Gasteiger partial charge on any atom is -0.481 e. The first-order chi connectivity index (χ1) is 15.1. The summed E-state index contributed by atoms with van der Waals surface area (Å²) in [6.07, 6.45) is -0.154. The van der Waals surface area contributed by atoms with Crippen LogP contribution >= 0.6 is 0 Å². The number of carbonyl (C=O) groups excluding carboxylic acids is 1. The smallest absolute Gasteiger partial charge is 0.276 e. The van der Waals surface area contributed by atoms with E-state index in [1.165, 1.54) is 4.52 Å². The standard InChI is InChI=1S/C24H22N4O3/c1-16(31-18-10-6-3-7-11-18)23(29)27-13-12-19-21(15-27)25-22-14-20(26-28(22)24(19)30)17-8-4-2-5-9-17/h2-11,14,16,26H,12-13,15H2,1H3. The first kappa shape index (κ1) is 19.1. The third-order valence-corrected chi connectivity index (χ3v) is 5.57. The molecular weight excluding hydrogens is 392 g/mol. The lowest BCUT2D eigenvalue weighted by Gasteiger charge is -2.30. The Morgan fingerprint density at radius 2 is 1.81 bits per heavy atom. The molecule has 0 bridgehead atoms. The summed E-state index contributed by atoms with van der Waals surface area (Å²) in [7, 11) is 0. The molecule has 7 nitrogen and oxygen atoms in total. The molecule has 1 aliphatic rings. The Hall–Kier alpha value is -3.87.